The topological polar surface area (TPSA) is 29.9 Å². The van der Waals surface area contributed by atoms with Gasteiger partial charge in [0, 0.05) is 11.2 Å². The average molecular weight is 299 g/mol. The maximum Gasteiger partial charge on any atom is 0.0597 e. The molecule has 0 fully saturated rings. The normalized spacial score (nSPS) is 12.9. The van der Waals surface area contributed by atoms with Crippen molar-refractivity contribution in [3.63, 3.8) is 0 Å². The van der Waals surface area contributed by atoms with Crippen molar-refractivity contribution in [2.45, 2.75) is 32.9 Å². The van der Waals surface area contributed by atoms with Crippen molar-refractivity contribution in [3.8, 4) is 0 Å². The minimum atomic E-state index is 0.296. The minimum absolute atomic E-state index is 0.296. The zero-order valence-corrected chi connectivity index (χ0v) is 13.6. The van der Waals surface area contributed by atoms with E-state index in [2.05, 4.69) is 64.7 Å². The number of nitrogens with one attached hydrogen (secondary N) is 1. The molecule has 0 saturated heterocycles. The molecule has 1 N–H and O–H groups in total. The number of hydrogen-bond donors (Lipinski definition) is 1. The molecule has 0 aliphatic heterocycles. The van der Waals surface area contributed by atoms with Crippen molar-refractivity contribution in [2.24, 2.45) is 0 Å². The molecule has 1 unspecified atom stereocenters. The van der Waals surface area contributed by atoms with Gasteiger partial charge < -0.3 is 5.32 Å². The van der Waals surface area contributed by atoms with Crippen LogP contribution in [0.15, 0.2) is 35.7 Å². The molecule has 0 amide bonds. The molecule has 3 rings (SSSR count). The van der Waals surface area contributed by atoms with Crippen LogP contribution in [0.5, 0.6) is 0 Å². The van der Waals surface area contributed by atoms with Crippen molar-refractivity contribution in [2.75, 3.05) is 7.05 Å². The van der Waals surface area contributed by atoms with E-state index in [9.17, 15) is 0 Å². The zero-order chi connectivity index (χ0) is 14.8. The van der Waals surface area contributed by atoms with Crippen LogP contribution in [0.4, 0.5) is 0 Å². The molecule has 4 heteroatoms. The quantitative estimate of drug-likeness (QED) is 0.773. The van der Waals surface area contributed by atoms with E-state index >= 15 is 0 Å². The Bertz CT molecular complexity index is 741. The van der Waals surface area contributed by atoms with Crippen LogP contribution in [-0.2, 0) is 13.0 Å². The van der Waals surface area contributed by atoms with Gasteiger partial charge in [-0.2, -0.15) is 5.10 Å². The summed E-state index contributed by atoms with van der Waals surface area (Å²) in [5.74, 6) is 0. The fourth-order valence-corrected chi connectivity index (χ4v) is 3.84. The van der Waals surface area contributed by atoms with Gasteiger partial charge >= 0.3 is 0 Å². The summed E-state index contributed by atoms with van der Waals surface area (Å²) in [6.07, 6.45) is 0.992. The number of nitrogens with zero attached hydrogens (tertiary/aromatic N) is 2. The lowest BCUT2D eigenvalue weighted by Gasteiger charge is -2.17. The molecule has 0 bridgehead atoms. The highest BCUT2D eigenvalue weighted by Gasteiger charge is 2.17. The van der Waals surface area contributed by atoms with E-state index in [4.69, 9.17) is 0 Å². The molecule has 3 aromatic rings. The largest absolute Gasteiger partial charge is 0.311 e. The first-order chi connectivity index (χ1) is 10.2. The van der Waals surface area contributed by atoms with Crippen LogP contribution in [0.3, 0.4) is 0 Å². The van der Waals surface area contributed by atoms with Gasteiger partial charge in [-0.25, -0.2) is 0 Å². The summed E-state index contributed by atoms with van der Waals surface area (Å²) in [4.78, 5) is 0. The van der Waals surface area contributed by atoms with Gasteiger partial charge in [-0.3, -0.25) is 4.68 Å². The summed E-state index contributed by atoms with van der Waals surface area (Å²) in [7, 11) is 2.03. The molecular formula is C17H21N3S. The molecule has 2 heterocycles. The second-order valence-electron chi connectivity index (χ2n) is 5.33. The molecule has 0 aliphatic carbocycles. The first-order valence-electron chi connectivity index (χ1n) is 7.39. The molecule has 2 aromatic heterocycles. The summed E-state index contributed by atoms with van der Waals surface area (Å²) in [5, 5.41) is 11.7. The Balaban J connectivity index is 1.94. The monoisotopic (exact) mass is 299 g/mol. The van der Waals surface area contributed by atoms with Gasteiger partial charge in [0.1, 0.15) is 0 Å². The molecule has 0 saturated carbocycles. The van der Waals surface area contributed by atoms with Crippen LogP contribution in [-0.4, -0.2) is 16.8 Å². The van der Waals surface area contributed by atoms with E-state index < -0.39 is 0 Å². The number of thiophene rings is 1. The molecule has 110 valence electrons. The third-order valence-electron chi connectivity index (χ3n) is 3.92. The van der Waals surface area contributed by atoms with Crippen LogP contribution >= 0.6 is 11.3 Å². The van der Waals surface area contributed by atoms with E-state index in [-0.39, 0.29) is 0 Å². The lowest BCUT2D eigenvalue weighted by Crippen LogP contribution is -2.22. The highest BCUT2D eigenvalue weighted by Crippen LogP contribution is 2.29. The van der Waals surface area contributed by atoms with Crippen molar-refractivity contribution < 1.29 is 0 Å². The van der Waals surface area contributed by atoms with Crippen molar-refractivity contribution >= 4 is 21.4 Å². The van der Waals surface area contributed by atoms with Gasteiger partial charge in [0.15, 0.2) is 0 Å². The van der Waals surface area contributed by atoms with Crippen LogP contribution in [0.2, 0.25) is 0 Å². The van der Waals surface area contributed by atoms with Crippen LogP contribution in [0.1, 0.15) is 29.9 Å². The maximum absolute atomic E-state index is 4.57. The second kappa shape index (κ2) is 6.00. The summed E-state index contributed by atoms with van der Waals surface area (Å²) in [6, 6.07) is 11.1. The highest BCUT2D eigenvalue weighted by molar-refractivity contribution is 7.17. The van der Waals surface area contributed by atoms with Crippen molar-refractivity contribution in [1.82, 2.24) is 15.1 Å². The Kier molecular flexibility index (Phi) is 4.08. The Morgan fingerprint density at radius 3 is 2.90 bits per heavy atom. The molecule has 0 radical (unpaired) electrons. The fourth-order valence-electron chi connectivity index (χ4n) is 2.86. The lowest BCUT2D eigenvalue weighted by molar-refractivity contribution is 0.514. The molecule has 0 aliphatic rings. The van der Waals surface area contributed by atoms with Crippen molar-refractivity contribution in [1.29, 1.82) is 0 Å². The van der Waals surface area contributed by atoms with Gasteiger partial charge in [-0.15, -0.1) is 11.3 Å². The third-order valence-corrected chi connectivity index (χ3v) is 4.94. The van der Waals surface area contributed by atoms with Gasteiger partial charge in [-0.1, -0.05) is 18.2 Å². The van der Waals surface area contributed by atoms with Crippen molar-refractivity contribution in [3.05, 3.63) is 52.7 Å². The van der Waals surface area contributed by atoms with E-state index in [1.54, 1.807) is 0 Å². The highest BCUT2D eigenvalue weighted by atomic mass is 32.1. The number of aryl methyl sites for hydroxylation is 2. The molecule has 21 heavy (non-hydrogen) atoms. The standard InChI is InChI=1S/C17H21N3S/c1-4-20-16(9-12(2)19-20)15(18-3)10-13-11-21-17-8-6-5-7-14(13)17/h5-9,11,15,18H,4,10H2,1-3H3. The number of hydrogen-bond acceptors (Lipinski definition) is 3. The molecule has 1 atom stereocenters. The van der Waals surface area contributed by atoms with Gasteiger partial charge in [0.25, 0.3) is 0 Å². The molecule has 3 nitrogen and oxygen atoms in total. The number of fused-ring (bicyclic) bond motifs is 1. The summed E-state index contributed by atoms with van der Waals surface area (Å²) in [6.45, 7) is 5.11. The van der Waals surface area contributed by atoms with E-state index in [1.807, 2.05) is 18.4 Å². The van der Waals surface area contributed by atoms with Gasteiger partial charge in [0.05, 0.1) is 17.4 Å². The lowest BCUT2D eigenvalue weighted by atomic mass is 10.0. The predicted octanol–water partition coefficient (Wildman–Crippen LogP) is 3.93. The number of likely N-dealkylation sites (N-methyl/N-ethyl adjacent to an activating group) is 1. The van der Waals surface area contributed by atoms with Crippen LogP contribution in [0.25, 0.3) is 10.1 Å². The first kappa shape index (κ1) is 14.3. The van der Waals surface area contributed by atoms with Crippen LogP contribution < -0.4 is 5.32 Å². The number of aromatic nitrogens is 2. The van der Waals surface area contributed by atoms with E-state index in [0.29, 0.717) is 6.04 Å². The molecule has 0 spiro atoms. The zero-order valence-electron chi connectivity index (χ0n) is 12.8. The maximum atomic E-state index is 4.57. The third kappa shape index (κ3) is 2.74. The van der Waals surface area contributed by atoms with E-state index in [1.165, 1.54) is 21.3 Å². The number of benzene rings is 1. The summed E-state index contributed by atoms with van der Waals surface area (Å²) >= 11 is 1.83. The fraction of sp³-hybridized carbons (Fsp3) is 0.353. The van der Waals surface area contributed by atoms with Gasteiger partial charge in [0.2, 0.25) is 0 Å². The predicted molar refractivity (Wildman–Crippen MR) is 90.0 cm³/mol. The average Bonchev–Trinajstić information content (AvgIpc) is 3.08. The smallest absolute Gasteiger partial charge is 0.0597 e. The minimum Gasteiger partial charge on any atom is -0.311 e. The summed E-state index contributed by atoms with van der Waals surface area (Å²) < 4.78 is 3.47. The first-order valence-corrected chi connectivity index (χ1v) is 8.27. The Morgan fingerprint density at radius 1 is 1.33 bits per heavy atom. The van der Waals surface area contributed by atoms with E-state index in [0.717, 1.165) is 18.7 Å². The number of rotatable bonds is 5. The Morgan fingerprint density at radius 2 is 2.14 bits per heavy atom. The van der Waals surface area contributed by atoms with Crippen LogP contribution in [0, 0.1) is 6.92 Å². The second-order valence-corrected chi connectivity index (χ2v) is 6.24. The molecule has 1 aromatic carbocycles. The summed E-state index contributed by atoms with van der Waals surface area (Å²) in [5.41, 5.74) is 3.77. The Labute approximate surface area is 129 Å². The Hall–Kier alpha value is -1.65. The molecular weight excluding hydrogens is 278 g/mol. The SMILES string of the molecule is CCn1nc(C)cc1C(Cc1csc2ccccc12)NC. The van der Waals surface area contributed by atoms with Gasteiger partial charge in [-0.05, 0) is 55.8 Å².